The van der Waals surface area contributed by atoms with Crippen LogP contribution < -0.4 is 11.1 Å². The van der Waals surface area contributed by atoms with Crippen molar-refractivity contribution in [2.24, 2.45) is 35.3 Å². The van der Waals surface area contributed by atoms with E-state index in [0.717, 1.165) is 48.3 Å². The summed E-state index contributed by atoms with van der Waals surface area (Å²) in [6.45, 7) is 12.8. The molecule has 2 heteroatoms. The average molecular weight is 252 g/mol. The lowest BCUT2D eigenvalue weighted by Crippen LogP contribution is -2.39. The van der Waals surface area contributed by atoms with Crippen LogP contribution in [0.25, 0.3) is 0 Å². The van der Waals surface area contributed by atoms with Crippen LogP contribution in [0, 0.1) is 29.6 Å². The third kappa shape index (κ3) is 3.66. The first-order chi connectivity index (χ1) is 8.51. The Morgan fingerprint density at radius 1 is 1.11 bits per heavy atom. The van der Waals surface area contributed by atoms with Gasteiger partial charge in [-0.3, -0.25) is 0 Å². The molecule has 5 unspecified atom stereocenters. The quantitative estimate of drug-likeness (QED) is 0.782. The summed E-state index contributed by atoms with van der Waals surface area (Å²) in [5.41, 5.74) is 6.78. The maximum absolute atomic E-state index is 5.82. The summed E-state index contributed by atoms with van der Waals surface area (Å²) in [5.74, 6) is 4.21. The van der Waals surface area contributed by atoms with Gasteiger partial charge in [-0.15, -0.1) is 0 Å². The third-order valence-electron chi connectivity index (χ3n) is 5.35. The molecule has 2 nitrogen and oxygen atoms in total. The minimum absolute atomic E-state index is 0.794. The smallest absolute Gasteiger partial charge is 0.0237 e. The van der Waals surface area contributed by atoms with E-state index in [4.69, 9.17) is 5.73 Å². The van der Waals surface area contributed by atoms with Crippen molar-refractivity contribution in [1.29, 1.82) is 0 Å². The maximum Gasteiger partial charge on any atom is 0.0237 e. The topological polar surface area (TPSA) is 38.0 Å². The molecule has 3 N–H and O–H groups in total. The van der Waals surface area contributed by atoms with E-state index >= 15 is 0 Å². The van der Waals surface area contributed by atoms with E-state index in [1.807, 2.05) is 6.20 Å². The van der Waals surface area contributed by atoms with Gasteiger partial charge in [-0.1, -0.05) is 41.0 Å². The summed E-state index contributed by atoms with van der Waals surface area (Å²) in [4.78, 5) is 0. The first-order valence-electron chi connectivity index (χ1n) is 7.69. The average Bonchev–Trinajstić information content (AvgIpc) is 2.38. The summed E-state index contributed by atoms with van der Waals surface area (Å²) < 4.78 is 0. The Hall–Kier alpha value is -0.660. The second-order valence-corrected chi connectivity index (χ2v) is 6.22. The Balaban J connectivity index is 2.54. The van der Waals surface area contributed by atoms with Crippen LogP contribution in [-0.2, 0) is 0 Å². The number of hydrogen-bond donors (Lipinski definition) is 2. The highest BCUT2D eigenvalue weighted by molar-refractivity contribution is 4.94. The van der Waals surface area contributed by atoms with E-state index in [1.165, 1.54) is 12.8 Å². The van der Waals surface area contributed by atoms with Gasteiger partial charge in [0.1, 0.15) is 0 Å². The van der Waals surface area contributed by atoms with Crippen LogP contribution in [0.2, 0.25) is 0 Å². The number of allylic oxidation sites excluding steroid dienone is 1. The number of rotatable bonds is 5. The number of nitrogens with two attached hydrogens (primary N) is 1. The first kappa shape index (κ1) is 15.4. The zero-order valence-electron chi connectivity index (χ0n) is 12.9. The summed E-state index contributed by atoms with van der Waals surface area (Å²) in [6.07, 6.45) is 5.62. The Morgan fingerprint density at radius 3 is 2.28 bits per heavy atom. The van der Waals surface area contributed by atoms with E-state index in [0.29, 0.717) is 0 Å². The molecule has 1 rings (SSSR count). The van der Waals surface area contributed by atoms with E-state index in [2.05, 4.69) is 39.9 Å². The van der Waals surface area contributed by atoms with Crippen molar-refractivity contribution in [3.8, 4) is 0 Å². The molecular formula is C16H32N2. The fourth-order valence-corrected chi connectivity index (χ4v) is 3.41. The molecule has 0 saturated heterocycles. The van der Waals surface area contributed by atoms with Gasteiger partial charge in [-0.2, -0.15) is 0 Å². The van der Waals surface area contributed by atoms with Gasteiger partial charge in [-0.05, 0) is 42.4 Å². The van der Waals surface area contributed by atoms with Gasteiger partial charge in [0.2, 0.25) is 0 Å². The summed E-state index contributed by atoms with van der Waals surface area (Å²) in [6, 6.07) is 0. The van der Waals surface area contributed by atoms with Gasteiger partial charge in [0.25, 0.3) is 0 Å². The minimum Gasteiger partial charge on any atom is -0.401 e. The molecule has 0 amide bonds. The van der Waals surface area contributed by atoms with Crippen molar-refractivity contribution in [3.05, 3.63) is 11.9 Å². The van der Waals surface area contributed by atoms with Gasteiger partial charge in [0.05, 0.1) is 0 Å². The largest absolute Gasteiger partial charge is 0.401 e. The molecule has 0 heterocycles. The van der Waals surface area contributed by atoms with Gasteiger partial charge in [-0.25, -0.2) is 0 Å². The molecule has 106 valence electrons. The molecule has 18 heavy (non-hydrogen) atoms. The standard InChI is InChI=1S/C16H32N2/c1-6-14-8-15(9-18-10-16(17)7-2)13(5)11(3)12(14)4/h10-15,18H,6-9,17H2,1-5H3/b16-10-. The van der Waals surface area contributed by atoms with Crippen LogP contribution in [0.5, 0.6) is 0 Å². The SMILES string of the molecule is CC/C(N)=C/NCC1CC(CC)C(C)C(C)C1C. The molecule has 0 spiro atoms. The zero-order valence-corrected chi connectivity index (χ0v) is 12.9. The van der Waals surface area contributed by atoms with Gasteiger partial charge in [0, 0.05) is 18.4 Å². The van der Waals surface area contributed by atoms with E-state index in [-0.39, 0.29) is 0 Å². The minimum atomic E-state index is 0.794. The molecule has 0 aliphatic heterocycles. The highest BCUT2D eigenvalue weighted by atomic mass is 14.9. The Labute approximate surface area is 113 Å². The predicted molar refractivity (Wildman–Crippen MR) is 79.9 cm³/mol. The normalized spacial score (nSPS) is 37.6. The van der Waals surface area contributed by atoms with Gasteiger partial charge < -0.3 is 11.1 Å². The van der Waals surface area contributed by atoms with Crippen LogP contribution >= 0.6 is 0 Å². The first-order valence-corrected chi connectivity index (χ1v) is 7.69. The van der Waals surface area contributed by atoms with Crippen molar-refractivity contribution in [3.63, 3.8) is 0 Å². The van der Waals surface area contributed by atoms with Gasteiger partial charge in [0.15, 0.2) is 0 Å². The van der Waals surface area contributed by atoms with Crippen molar-refractivity contribution in [2.45, 2.75) is 53.9 Å². The molecule has 0 bridgehead atoms. The van der Waals surface area contributed by atoms with E-state index in [9.17, 15) is 0 Å². The molecule has 0 aromatic heterocycles. The van der Waals surface area contributed by atoms with E-state index in [1.54, 1.807) is 0 Å². The van der Waals surface area contributed by atoms with Crippen molar-refractivity contribution >= 4 is 0 Å². The lowest BCUT2D eigenvalue weighted by atomic mass is 9.63. The molecule has 1 aliphatic carbocycles. The van der Waals surface area contributed by atoms with Crippen molar-refractivity contribution in [1.82, 2.24) is 5.32 Å². The summed E-state index contributed by atoms with van der Waals surface area (Å²) in [5, 5.41) is 3.43. The molecule has 0 aromatic carbocycles. The third-order valence-corrected chi connectivity index (χ3v) is 5.35. The summed E-state index contributed by atoms with van der Waals surface area (Å²) in [7, 11) is 0. The van der Waals surface area contributed by atoms with Crippen LogP contribution in [0.3, 0.4) is 0 Å². The Bertz CT molecular complexity index is 270. The maximum atomic E-state index is 5.82. The van der Waals surface area contributed by atoms with Crippen molar-refractivity contribution < 1.29 is 0 Å². The molecular weight excluding hydrogens is 220 g/mol. The van der Waals surface area contributed by atoms with Gasteiger partial charge >= 0.3 is 0 Å². The molecule has 1 saturated carbocycles. The fourth-order valence-electron chi connectivity index (χ4n) is 3.41. The monoisotopic (exact) mass is 252 g/mol. The van der Waals surface area contributed by atoms with Crippen LogP contribution in [-0.4, -0.2) is 6.54 Å². The Kier molecular flexibility index (Phi) is 6.04. The van der Waals surface area contributed by atoms with Crippen LogP contribution in [0.1, 0.15) is 53.9 Å². The molecule has 0 radical (unpaired) electrons. The second-order valence-electron chi connectivity index (χ2n) is 6.22. The highest BCUT2D eigenvalue weighted by Gasteiger charge is 2.36. The van der Waals surface area contributed by atoms with E-state index < -0.39 is 0 Å². The highest BCUT2D eigenvalue weighted by Crippen LogP contribution is 2.42. The second kappa shape index (κ2) is 7.06. The van der Waals surface area contributed by atoms with Crippen LogP contribution in [0.4, 0.5) is 0 Å². The van der Waals surface area contributed by atoms with Crippen LogP contribution in [0.15, 0.2) is 11.9 Å². The number of hydrogen-bond acceptors (Lipinski definition) is 2. The number of nitrogens with one attached hydrogen (secondary N) is 1. The molecule has 0 aromatic rings. The molecule has 1 fully saturated rings. The lowest BCUT2D eigenvalue weighted by Gasteiger charge is -2.43. The van der Waals surface area contributed by atoms with Crippen molar-refractivity contribution in [2.75, 3.05) is 6.54 Å². The molecule has 1 aliphatic rings. The Morgan fingerprint density at radius 2 is 1.72 bits per heavy atom. The fraction of sp³-hybridized carbons (Fsp3) is 0.875. The zero-order chi connectivity index (χ0) is 13.7. The predicted octanol–water partition coefficient (Wildman–Crippen LogP) is 3.74. The molecule has 5 atom stereocenters. The lowest BCUT2D eigenvalue weighted by molar-refractivity contribution is 0.0660. The summed E-state index contributed by atoms with van der Waals surface area (Å²) >= 11 is 0.